The fourth-order valence-electron chi connectivity index (χ4n) is 3.70. The second kappa shape index (κ2) is 13.4. The van der Waals surface area contributed by atoms with Crippen LogP contribution >= 0.6 is 0 Å². The molecule has 3 rings (SSSR count). The van der Waals surface area contributed by atoms with Crippen molar-refractivity contribution in [2.24, 2.45) is 0 Å². The topological polar surface area (TPSA) is 179 Å². The summed E-state index contributed by atoms with van der Waals surface area (Å²) in [6.07, 6.45) is 2.61. The van der Waals surface area contributed by atoms with Crippen LogP contribution < -0.4 is 18.4 Å². The van der Waals surface area contributed by atoms with Crippen LogP contribution in [0.25, 0.3) is 0 Å². The van der Waals surface area contributed by atoms with E-state index in [4.69, 9.17) is 38.9 Å². The zero-order chi connectivity index (χ0) is 35.7. The molecule has 0 aromatic carbocycles. The van der Waals surface area contributed by atoms with Crippen LogP contribution in [0, 0.1) is 0 Å². The number of rotatable bonds is 1. The lowest BCUT2D eigenvalue weighted by Gasteiger charge is -2.39. The first-order chi connectivity index (χ1) is 19.0. The van der Waals surface area contributed by atoms with Gasteiger partial charge in [-0.2, -0.15) is 39.5 Å². The second-order valence-corrected chi connectivity index (χ2v) is 14.6. The van der Waals surface area contributed by atoms with Gasteiger partial charge in [-0.1, -0.05) is 4.57 Å². The van der Waals surface area contributed by atoms with Gasteiger partial charge in [0.1, 0.15) is 0 Å². The van der Waals surface area contributed by atoms with Gasteiger partial charge in [-0.05, 0) is 0 Å². The van der Waals surface area contributed by atoms with Crippen LogP contribution in [-0.2, 0) is 30.4 Å². The molecule has 13 nitrogen and oxygen atoms in total. The molecular weight excluding hydrogens is 695 g/mol. The molecule has 2 aliphatic rings. The molecular formula is C19H29F9N4O9S3. The molecule has 2 aliphatic heterocycles. The van der Waals surface area contributed by atoms with Crippen molar-refractivity contribution in [1.82, 2.24) is 8.97 Å². The Morgan fingerprint density at radius 1 is 0.659 bits per heavy atom. The van der Waals surface area contributed by atoms with Crippen LogP contribution in [0.3, 0.4) is 0 Å². The summed E-state index contributed by atoms with van der Waals surface area (Å²) in [5.74, 6) is 2.93. The van der Waals surface area contributed by atoms with Crippen molar-refractivity contribution in [3.63, 3.8) is 0 Å². The minimum absolute atomic E-state index is 0.702. The van der Waals surface area contributed by atoms with Gasteiger partial charge in [0.25, 0.3) is 0 Å². The molecule has 0 N–H and O–H groups in total. The number of halogens is 9. The van der Waals surface area contributed by atoms with E-state index in [0.29, 0.717) is 6.04 Å². The molecule has 0 bridgehead atoms. The van der Waals surface area contributed by atoms with E-state index in [0.717, 1.165) is 8.97 Å². The zero-order valence-corrected chi connectivity index (χ0v) is 26.1. The van der Waals surface area contributed by atoms with E-state index in [1.54, 1.807) is 0 Å². The lowest BCUT2D eigenvalue weighted by Crippen LogP contribution is -2.66. The summed E-state index contributed by atoms with van der Waals surface area (Å²) in [5.41, 5.74) is -15.6. The van der Waals surface area contributed by atoms with Gasteiger partial charge in [-0.15, -0.1) is 0 Å². The van der Waals surface area contributed by atoms with Crippen LogP contribution in [0.2, 0.25) is 0 Å². The molecule has 3 heterocycles. The summed E-state index contributed by atoms with van der Waals surface area (Å²) in [7, 11) is -4.63. The molecule has 1 aromatic rings. The van der Waals surface area contributed by atoms with E-state index in [1.807, 2.05) is 0 Å². The number of aromatic nitrogens is 1. The maximum absolute atomic E-state index is 10.7. The van der Waals surface area contributed by atoms with Gasteiger partial charge < -0.3 is 18.6 Å². The second-order valence-electron chi connectivity index (χ2n) is 10.4. The van der Waals surface area contributed by atoms with Gasteiger partial charge >= 0.3 is 28.2 Å². The van der Waals surface area contributed by atoms with Gasteiger partial charge in [0.15, 0.2) is 36.4 Å². The van der Waals surface area contributed by atoms with E-state index < -0.39 is 46.9 Å². The average Bonchev–Trinajstić information content (AvgIpc) is 2.74. The Morgan fingerprint density at radius 3 is 1.07 bits per heavy atom. The minimum Gasteiger partial charge on any atom is -0.741 e. The molecule has 1 aromatic heterocycles. The molecule has 260 valence electrons. The van der Waals surface area contributed by atoms with E-state index in [9.17, 15) is 39.5 Å². The number of hydrogen-bond donors (Lipinski definition) is 0. The Kier molecular flexibility index (Phi) is 12.8. The predicted molar refractivity (Wildman–Crippen MR) is 134 cm³/mol. The van der Waals surface area contributed by atoms with Crippen molar-refractivity contribution in [2.75, 3.05) is 60.3 Å². The Labute approximate surface area is 247 Å². The third-order valence-electron chi connectivity index (χ3n) is 6.06. The van der Waals surface area contributed by atoms with Crippen LogP contribution in [-0.4, -0.2) is 111 Å². The molecule has 25 heteroatoms. The molecule has 0 amide bonds. The number of alkyl halides is 9. The molecule has 44 heavy (non-hydrogen) atoms. The van der Waals surface area contributed by atoms with Crippen LogP contribution in [0.4, 0.5) is 56.8 Å². The van der Waals surface area contributed by atoms with Crippen LogP contribution in [0.15, 0.2) is 12.1 Å². The summed E-state index contributed by atoms with van der Waals surface area (Å²) in [6, 6.07) is 5.48. The molecule has 0 saturated carbocycles. The van der Waals surface area contributed by atoms with Gasteiger partial charge in [-0.3, -0.25) is 0 Å². The summed E-state index contributed by atoms with van der Waals surface area (Å²) >= 11 is 0. The first-order valence-electron chi connectivity index (χ1n) is 11.5. The van der Waals surface area contributed by atoms with E-state index in [1.165, 1.54) is 43.3 Å². The van der Waals surface area contributed by atoms with E-state index in [-0.39, 0.29) is 0 Å². The first-order valence-corrected chi connectivity index (χ1v) is 15.7. The highest BCUT2D eigenvalue weighted by atomic mass is 32.2. The standard InChI is InChI=1S/C16H29N4.3CHF3O3S/c1-17(2)14-11-15-18-13(7-9-19(15,3)4)8-10-20(5,6)16(18)12-14;3*2-1(3,4)8(5,6)7/h11-13H,7-10H2,1-6H3;3*(H,5,6,7)/q+3;;;/p-3. The Bertz CT molecular complexity index is 1350. The predicted octanol–water partition coefficient (Wildman–Crippen LogP) is 1.68. The monoisotopic (exact) mass is 724 g/mol. The third-order valence-corrected chi connectivity index (χ3v) is 7.76. The lowest BCUT2D eigenvalue weighted by molar-refractivity contribution is -0.722. The zero-order valence-electron chi connectivity index (χ0n) is 23.6. The third kappa shape index (κ3) is 11.4. The van der Waals surface area contributed by atoms with Crippen molar-refractivity contribution < 1.29 is 83.0 Å². The summed E-state index contributed by atoms with van der Waals surface area (Å²) in [5, 5.41) is 0. The van der Waals surface area contributed by atoms with Crippen LogP contribution in [0.5, 0.6) is 0 Å². The quantitative estimate of drug-likeness (QED) is 0.136. The van der Waals surface area contributed by atoms with Crippen LogP contribution in [0.1, 0.15) is 18.9 Å². The fourth-order valence-corrected chi connectivity index (χ4v) is 3.70. The van der Waals surface area contributed by atoms with E-state index in [2.05, 4.69) is 63.9 Å². The highest BCUT2D eigenvalue weighted by Gasteiger charge is 2.51. The van der Waals surface area contributed by atoms with Gasteiger partial charge in [0, 0.05) is 14.1 Å². The first kappa shape index (κ1) is 42.0. The van der Waals surface area contributed by atoms with Gasteiger partial charge in [0.05, 0.1) is 71.9 Å². The fraction of sp³-hybridized carbons (Fsp3) is 0.737. The normalized spacial score (nSPS) is 18.2. The Balaban J connectivity index is 0.000000645. The average molecular weight is 725 g/mol. The molecule has 0 radical (unpaired) electrons. The van der Waals surface area contributed by atoms with E-state index >= 15 is 0 Å². The van der Waals surface area contributed by atoms with Crippen molar-refractivity contribution in [2.45, 2.75) is 35.4 Å². The van der Waals surface area contributed by atoms with Gasteiger partial charge in [0.2, 0.25) is 0 Å². The molecule has 0 fully saturated rings. The van der Waals surface area contributed by atoms with Crippen molar-refractivity contribution in [1.29, 1.82) is 0 Å². The molecule has 0 aliphatic carbocycles. The molecule has 0 unspecified atom stereocenters. The minimum atomic E-state index is -6.09. The summed E-state index contributed by atoms with van der Waals surface area (Å²) in [4.78, 5) is 2.23. The van der Waals surface area contributed by atoms with Crippen molar-refractivity contribution >= 4 is 47.7 Å². The maximum Gasteiger partial charge on any atom is 0.485 e. The number of pyridine rings is 1. The maximum atomic E-state index is 10.7. The smallest absolute Gasteiger partial charge is 0.485 e. The number of nitrogens with zero attached hydrogens (tertiary/aromatic N) is 4. The highest BCUT2D eigenvalue weighted by Crippen LogP contribution is 2.37. The number of hydrogen-bond acceptors (Lipinski definition) is 10. The number of quaternary nitrogens is 2. The van der Waals surface area contributed by atoms with Gasteiger partial charge in [-0.25, -0.2) is 34.2 Å². The lowest BCUT2D eigenvalue weighted by atomic mass is 10.0. The highest BCUT2D eigenvalue weighted by molar-refractivity contribution is 7.87. The molecule has 0 spiro atoms. The number of anilines is 1. The van der Waals surface area contributed by atoms with Crippen molar-refractivity contribution in [3.8, 4) is 0 Å². The summed E-state index contributed by atoms with van der Waals surface area (Å²) in [6.45, 7) is 2.49. The molecule has 0 atom stereocenters. The van der Waals surface area contributed by atoms with Crippen molar-refractivity contribution in [3.05, 3.63) is 12.1 Å². The SMILES string of the molecule is CN(C)c1cc2[n+]3c(c1)[N+](C)(C)CCC3CC[N+]2(C)C.O=S(=O)([O-])C(F)(F)F.O=S(=O)([O-])C(F)(F)F.O=S(=O)([O-])C(F)(F)F. The summed E-state index contributed by atoms with van der Waals surface area (Å²) < 4.78 is 181. The molecule has 0 saturated heterocycles. The Hall–Kier alpha value is -2.03. The Morgan fingerprint density at radius 2 is 0.886 bits per heavy atom. The largest absolute Gasteiger partial charge is 0.741 e.